The first kappa shape index (κ1) is 26.4. The number of nitro groups is 1. The molecule has 1 saturated heterocycles. The number of nitrogens with one attached hydrogen (secondary N) is 3. The Balaban J connectivity index is 1.50. The van der Waals surface area contributed by atoms with Crippen molar-refractivity contribution in [2.45, 2.75) is 6.92 Å². The third kappa shape index (κ3) is 6.76. The summed E-state index contributed by atoms with van der Waals surface area (Å²) in [5.74, 6) is 0.717. The lowest BCUT2D eigenvalue weighted by molar-refractivity contribution is -0.384. The summed E-state index contributed by atoms with van der Waals surface area (Å²) in [6, 6.07) is 8.14. The molecule has 5 N–H and O–H groups in total. The zero-order valence-corrected chi connectivity index (χ0v) is 21.7. The molecule has 1 fully saturated rings. The fourth-order valence-corrected chi connectivity index (χ4v) is 4.40. The lowest BCUT2D eigenvalue weighted by atomic mass is 10.1. The van der Waals surface area contributed by atoms with E-state index in [1.807, 2.05) is 6.07 Å². The highest BCUT2D eigenvalue weighted by molar-refractivity contribution is 6.36. The lowest BCUT2D eigenvalue weighted by Crippen LogP contribution is -2.42. The van der Waals surface area contributed by atoms with Crippen molar-refractivity contribution >= 4 is 52.5 Å². The average molecular weight is 544 g/mol. The number of aromatic nitrogens is 3. The molecule has 194 valence electrons. The van der Waals surface area contributed by atoms with Gasteiger partial charge in [-0.25, -0.2) is 15.0 Å². The number of nitrogens with zero attached hydrogens (tertiary/aromatic N) is 5. The molecule has 0 aliphatic carbocycles. The zero-order valence-electron chi connectivity index (χ0n) is 20.2. The van der Waals surface area contributed by atoms with E-state index in [1.54, 1.807) is 18.3 Å². The number of anilines is 3. The van der Waals surface area contributed by atoms with Crippen LogP contribution in [0.1, 0.15) is 12.5 Å². The predicted octanol–water partition coefficient (Wildman–Crippen LogP) is 4.13. The molecule has 0 spiro atoms. The van der Waals surface area contributed by atoms with Gasteiger partial charge < -0.3 is 26.6 Å². The molecule has 13 heteroatoms. The predicted molar refractivity (Wildman–Crippen MR) is 148 cm³/mol. The second kappa shape index (κ2) is 12.0. The summed E-state index contributed by atoms with van der Waals surface area (Å²) < 4.78 is 0. The Morgan fingerprint density at radius 3 is 2.65 bits per heavy atom. The number of nitrogens with two attached hydrogens (primary N) is 1. The first-order valence-corrected chi connectivity index (χ1v) is 12.4. The van der Waals surface area contributed by atoms with Gasteiger partial charge in [0.2, 0.25) is 11.8 Å². The van der Waals surface area contributed by atoms with Gasteiger partial charge in [0.25, 0.3) is 0 Å². The van der Waals surface area contributed by atoms with E-state index in [9.17, 15) is 10.1 Å². The van der Waals surface area contributed by atoms with E-state index in [0.717, 1.165) is 43.0 Å². The van der Waals surface area contributed by atoms with E-state index in [4.69, 9.17) is 33.9 Å². The standard InChI is InChI=1S/C24H27Cl2N9O2/c1-15(34-10-8-28-9-11-34)12-16-14-31-24(33-22(16)18-3-2-17(25)13-19(18)26)30-7-6-29-21-5-4-20(35(36)37)23(27)32-21/h2-5,12-14,28H,6-11H2,1H3,(H3,27,29,32)(H,30,31,33). The quantitative estimate of drug-likeness (QED) is 0.176. The van der Waals surface area contributed by atoms with Gasteiger partial charge in [0.1, 0.15) is 5.82 Å². The highest BCUT2D eigenvalue weighted by atomic mass is 35.5. The van der Waals surface area contributed by atoms with Gasteiger partial charge in [-0.3, -0.25) is 10.1 Å². The molecule has 0 saturated carbocycles. The van der Waals surface area contributed by atoms with Crippen molar-refractivity contribution in [2.75, 3.05) is 55.6 Å². The molecule has 0 amide bonds. The number of nitrogen functional groups attached to an aromatic ring is 1. The number of allylic oxidation sites excluding steroid dienone is 1. The summed E-state index contributed by atoms with van der Waals surface area (Å²) >= 11 is 12.7. The van der Waals surface area contributed by atoms with Gasteiger partial charge in [0.15, 0.2) is 0 Å². The van der Waals surface area contributed by atoms with Gasteiger partial charge in [0, 0.05) is 73.4 Å². The molecule has 0 atom stereocenters. The van der Waals surface area contributed by atoms with Crippen molar-refractivity contribution in [1.29, 1.82) is 0 Å². The molecular formula is C24H27Cl2N9O2. The first-order valence-electron chi connectivity index (χ1n) is 11.7. The van der Waals surface area contributed by atoms with Crippen molar-refractivity contribution in [1.82, 2.24) is 25.2 Å². The molecule has 1 aromatic carbocycles. The molecule has 0 bridgehead atoms. The maximum Gasteiger partial charge on any atom is 0.311 e. The van der Waals surface area contributed by atoms with E-state index in [2.05, 4.69) is 43.8 Å². The fraction of sp³-hybridized carbons (Fsp3) is 0.292. The second-order valence-electron chi connectivity index (χ2n) is 8.36. The minimum atomic E-state index is -0.570. The third-order valence-electron chi connectivity index (χ3n) is 5.80. The fourth-order valence-electron chi connectivity index (χ4n) is 3.90. The van der Waals surface area contributed by atoms with E-state index >= 15 is 0 Å². The normalized spacial score (nSPS) is 13.9. The van der Waals surface area contributed by atoms with E-state index in [1.165, 1.54) is 12.1 Å². The second-order valence-corrected chi connectivity index (χ2v) is 9.20. The van der Waals surface area contributed by atoms with E-state index in [0.29, 0.717) is 40.6 Å². The van der Waals surface area contributed by atoms with E-state index < -0.39 is 4.92 Å². The van der Waals surface area contributed by atoms with Crippen LogP contribution >= 0.6 is 23.2 Å². The molecule has 0 unspecified atom stereocenters. The molecule has 37 heavy (non-hydrogen) atoms. The SMILES string of the molecule is CC(=Cc1cnc(NCCNc2ccc([N+](=O)[O-])c(N)n2)nc1-c1ccc(Cl)cc1Cl)N1CCNCC1. The number of hydrogen-bond acceptors (Lipinski definition) is 10. The Bertz CT molecular complexity index is 1310. The lowest BCUT2D eigenvalue weighted by Gasteiger charge is -2.30. The Labute approximate surface area is 224 Å². The maximum absolute atomic E-state index is 10.9. The van der Waals surface area contributed by atoms with Gasteiger partial charge >= 0.3 is 5.69 Å². The summed E-state index contributed by atoms with van der Waals surface area (Å²) in [4.78, 5) is 25.9. The summed E-state index contributed by atoms with van der Waals surface area (Å²) in [7, 11) is 0. The Hall–Kier alpha value is -3.67. The molecule has 3 heterocycles. The first-order chi connectivity index (χ1) is 17.8. The molecule has 2 aromatic heterocycles. The van der Waals surface area contributed by atoms with Crippen LogP contribution in [-0.2, 0) is 0 Å². The monoisotopic (exact) mass is 543 g/mol. The van der Waals surface area contributed by atoms with Crippen LogP contribution in [0.5, 0.6) is 0 Å². The van der Waals surface area contributed by atoms with Crippen molar-refractivity contribution in [3.8, 4) is 11.3 Å². The molecular weight excluding hydrogens is 517 g/mol. The number of halogens is 2. The van der Waals surface area contributed by atoms with Gasteiger partial charge in [-0.1, -0.05) is 23.2 Å². The van der Waals surface area contributed by atoms with Crippen molar-refractivity contribution in [3.63, 3.8) is 0 Å². The minimum Gasteiger partial charge on any atom is -0.378 e. The van der Waals surface area contributed by atoms with Crippen LogP contribution < -0.4 is 21.7 Å². The molecule has 3 aromatic rings. The van der Waals surface area contributed by atoms with Crippen LogP contribution in [0.15, 0.2) is 42.2 Å². The molecule has 0 radical (unpaired) electrons. The summed E-state index contributed by atoms with van der Waals surface area (Å²) in [5.41, 5.74) is 8.82. The highest BCUT2D eigenvalue weighted by Crippen LogP contribution is 2.33. The van der Waals surface area contributed by atoms with Crippen LogP contribution in [0.3, 0.4) is 0 Å². The Morgan fingerprint density at radius 2 is 1.95 bits per heavy atom. The van der Waals surface area contributed by atoms with Crippen molar-refractivity contribution < 1.29 is 4.92 Å². The minimum absolute atomic E-state index is 0.143. The number of rotatable bonds is 9. The van der Waals surface area contributed by atoms with Crippen LogP contribution in [0.4, 0.5) is 23.3 Å². The van der Waals surface area contributed by atoms with Crippen LogP contribution in [0.25, 0.3) is 17.3 Å². The smallest absolute Gasteiger partial charge is 0.311 e. The zero-order chi connectivity index (χ0) is 26.4. The number of benzene rings is 1. The molecule has 1 aliphatic rings. The third-order valence-corrected chi connectivity index (χ3v) is 6.34. The van der Waals surface area contributed by atoms with Gasteiger partial charge in [-0.15, -0.1) is 0 Å². The number of pyridine rings is 1. The highest BCUT2D eigenvalue weighted by Gasteiger charge is 2.16. The summed E-state index contributed by atoms with van der Waals surface area (Å²) in [6.07, 6.45) is 3.84. The number of piperazine rings is 1. The number of hydrogen-bond donors (Lipinski definition) is 4. The topological polar surface area (TPSA) is 147 Å². The van der Waals surface area contributed by atoms with Gasteiger partial charge in [-0.05, 0) is 37.3 Å². The van der Waals surface area contributed by atoms with Crippen LogP contribution in [0.2, 0.25) is 10.0 Å². The summed E-state index contributed by atoms with van der Waals surface area (Å²) in [6.45, 7) is 6.74. The Morgan fingerprint density at radius 1 is 1.19 bits per heavy atom. The van der Waals surface area contributed by atoms with Crippen LogP contribution in [0, 0.1) is 10.1 Å². The molecule has 4 rings (SSSR count). The summed E-state index contributed by atoms with van der Waals surface area (Å²) in [5, 5.41) is 21.6. The van der Waals surface area contributed by atoms with Gasteiger partial charge in [0.05, 0.1) is 15.6 Å². The largest absolute Gasteiger partial charge is 0.378 e. The van der Waals surface area contributed by atoms with Crippen LogP contribution in [-0.4, -0.2) is 64.0 Å². The van der Waals surface area contributed by atoms with Crippen molar-refractivity contribution in [2.24, 2.45) is 0 Å². The Kier molecular flexibility index (Phi) is 8.59. The van der Waals surface area contributed by atoms with E-state index in [-0.39, 0.29) is 11.5 Å². The average Bonchev–Trinajstić information content (AvgIpc) is 2.88. The van der Waals surface area contributed by atoms with Gasteiger partial charge in [-0.2, -0.15) is 0 Å². The molecule has 1 aliphatic heterocycles. The maximum atomic E-state index is 10.9. The molecule has 11 nitrogen and oxygen atoms in total. The van der Waals surface area contributed by atoms with Crippen molar-refractivity contribution in [3.05, 3.63) is 67.9 Å².